The molecule has 0 bridgehead atoms. The Morgan fingerprint density at radius 1 is 1.04 bits per heavy atom. The Kier molecular flexibility index (Phi) is 7.15. The van der Waals surface area contributed by atoms with E-state index in [0.717, 1.165) is 11.1 Å². The van der Waals surface area contributed by atoms with Crippen molar-refractivity contribution in [1.29, 1.82) is 0 Å². The fourth-order valence-corrected chi connectivity index (χ4v) is 5.61. The van der Waals surface area contributed by atoms with E-state index in [4.69, 9.17) is 5.73 Å². The zero-order chi connectivity index (χ0) is 32.8. The Morgan fingerprint density at radius 3 is 2.68 bits per heavy atom. The second kappa shape index (κ2) is 11.5. The van der Waals surface area contributed by atoms with Gasteiger partial charge in [0.25, 0.3) is 22.7 Å². The van der Waals surface area contributed by atoms with Gasteiger partial charge in [0.2, 0.25) is 0 Å². The van der Waals surface area contributed by atoms with Gasteiger partial charge in [0.05, 0.1) is 12.2 Å². The summed E-state index contributed by atoms with van der Waals surface area (Å²) < 4.78 is 20.4. The summed E-state index contributed by atoms with van der Waals surface area (Å²) in [6.07, 6.45) is 2.78. The number of carbonyl (C=O) groups excluding carboxylic acids is 2. The van der Waals surface area contributed by atoms with Crippen LogP contribution in [0.4, 0.5) is 15.8 Å². The zero-order valence-electron chi connectivity index (χ0n) is 24.3. The van der Waals surface area contributed by atoms with Gasteiger partial charge in [0.15, 0.2) is 11.5 Å². The van der Waals surface area contributed by atoms with Crippen LogP contribution in [-0.4, -0.2) is 36.6 Å². The number of H-pyrrole nitrogens is 1. The third kappa shape index (κ3) is 5.41. The number of aromatic amines is 1. The number of nitrogen functional groups attached to an aromatic ring is 1. The van der Waals surface area contributed by atoms with Crippen molar-refractivity contribution < 1.29 is 18.5 Å². The molecular weight excluding hydrogens is 613 g/mol. The lowest BCUT2D eigenvalue weighted by Crippen LogP contribution is -2.37. The predicted octanol–water partition coefficient (Wildman–Crippen LogP) is 1.35. The molecule has 16 heteroatoms. The van der Waals surface area contributed by atoms with Crippen LogP contribution in [0.25, 0.3) is 17.0 Å². The number of fused-ring (bicyclic) bond motifs is 2. The third-order valence-corrected chi connectivity index (χ3v) is 8.03. The summed E-state index contributed by atoms with van der Waals surface area (Å²) in [5.74, 6) is -1.93. The van der Waals surface area contributed by atoms with Gasteiger partial charge in [-0.2, -0.15) is 5.10 Å². The molecule has 15 nitrogen and oxygen atoms in total. The summed E-state index contributed by atoms with van der Waals surface area (Å²) in [4.78, 5) is 67.9. The first-order valence-corrected chi connectivity index (χ1v) is 14.4. The van der Waals surface area contributed by atoms with Crippen LogP contribution in [0.5, 0.6) is 0 Å². The molecule has 6 N–H and O–H groups in total. The first-order valence-electron chi connectivity index (χ1n) is 14.4. The van der Waals surface area contributed by atoms with E-state index in [2.05, 4.69) is 40.7 Å². The minimum absolute atomic E-state index is 0.00505. The van der Waals surface area contributed by atoms with Crippen molar-refractivity contribution >= 4 is 28.8 Å². The van der Waals surface area contributed by atoms with Crippen molar-refractivity contribution in [2.24, 2.45) is 0 Å². The van der Waals surface area contributed by atoms with Crippen molar-refractivity contribution in [3.8, 4) is 11.4 Å². The molecule has 0 unspecified atom stereocenters. The number of nitrogens with one attached hydrogen (secondary N) is 4. The number of nitrogens with two attached hydrogens (primary N) is 1. The Labute approximate surface area is 262 Å². The predicted molar refractivity (Wildman–Crippen MR) is 165 cm³/mol. The molecule has 7 rings (SSSR count). The standard InChI is InChI=1S/C31H24FN9O6/c32-19-5-1-14(9-17(19)13-34-25-24(33)26(42)27(25)43)12-35-29(44)21-11-22(41-23(37-21)7-8-36-41)30(45)38-20-6-3-15-10-16(2-4-18(15)20)28-39-31(46)47-40-28/h1-2,4-5,7-11,20,34H,3,6,12-13,33H2,(H,35,44)(H,38,45)(H,39,40,46)/t20-/m0/s1. The average molecular weight is 638 g/mol. The van der Waals surface area contributed by atoms with E-state index in [1.807, 2.05) is 12.1 Å². The molecule has 0 aliphatic heterocycles. The molecule has 236 valence electrons. The van der Waals surface area contributed by atoms with E-state index < -0.39 is 34.2 Å². The third-order valence-electron chi connectivity index (χ3n) is 8.03. The van der Waals surface area contributed by atoms with Crippen LogP contribution in [0, 0.1) is 5.82 Å². The van der Waals surface area contributed by atoms with Crippen molar-refractivity contribution in [2.45, 2.75) is 32.0 Å². The molecule has 3 heterocycles. The summed E-state index contributed by atoms with van der Waals surface area (Å²) in [6.45, 7) is -0.0965. The number of anilines is 2. The Bertz CT molecular complexity index is 2350. The van der Waals surface area contributed by atoms with Gasteiger partial charge in [0, 0.05) is 36.3 Å². The molecule has 1 aliphatic carbocycles. The number of aryl methyl sites for hydroxylation is 1. The minimum Gasteiger partial charge on any atom is -0.394 e. The molecule has 3 aromatic heterocycles. The highest BCUT2D eigenvalue weighted by Gasteiger charge is 2.27. The Balaban J connectivity index is 1.05. The van der Waals surface area contributed by atoms with Gasteiger partial charge in [-0.25, -0.2) is 18.7 Å². The molecule has 47 heavy (non-hydrogen) atoms. The maximum Gasteiger partial charge on any atom is 0.439 e. The maximum atomic E-state index is 14.4. The van der Waals surface area contributed by atoms with E-state index in [1.165, 1.54) is 35.0 Å². The van der Waals surface area contributed by atoms with E-state index >= 15 is 0 Å². The molecule has 1 aliphatic rings. The van der Waals surface area contributed by atoms with Gasteiger partial charge < -0.3 is 21.7 Å². The molecule has 0 radical (unpaired) electrons. The number of hydrogen-bond donors (Lipinski definition) is 5. The number of amides is 2. The Hall–Kier alpha value is -6.45. The molecule has 0 saturated carbocycles. The number of nitrogens with zero attached hydrogens (tertiary/aromatic N) is 4. The van der Waals surface area contributed by atoms with Crippen LogP contribution < -0.4 is 38.3 Å². The summed E-state index contributed by atoms with van der Waals surface area (Å²) >= 11 is 0. The average Bonchev–Trinajstić information content (AvgIpc) is 3.83. The van der Waals surface area contributed by atoms with Gasteiger partial charge in [-0.15, -0.1) is 0 Å². The molecule has 6 aromatic rings. The topological polar surface area (TPSA) is 219 Å². The van der Waals surface area contributed by atoms with Crippen molar-refractivity contribution in [3.05, 3.63) is 125 Å². The van der Waals surface area contributed by atoms with E-state index in [0.29, 0.717) is 29.8 Å². The van der Waals surface area contributed by atoms with Gasteiger partial charge in [0.1, 0.15) is 28.6 Å². The zero-order valence-corrected chi connectivity index (χ0v) is 24.3. The highest BCUT2D eigenvalue weighted by atomic mass is 19.1. The molecule has 3 aromatic carbocycles. The lowest BCUT2D eigenvalue weighted by molar-refractivity contribution is 0.0929. The highest BCUT2D eigenvalue weighted by Crippen LogP contribution is 2.33. The van der Waals surface area contributed by atoms with E-state index in [9.17, 15) is 28.4 Å². The maximum absolute atomic E-state index is 14.4. The monoisotopic (exact) mass is 637 g/mol. The SMILES string of the molecule is Nc1c(NCc2cc(CNC(=O)c3cc(C(=O)N[C@H]4CCc5cc(-c6noc(=O)[nH]6)ccc54)n4nccc4n3)ccc2F)c(=O)c1=O. The normalized spacial score (nSPS) is 13.9. The summed E-state index contributed by atoms with van der Waals surface area (Å²) in [5, 5.41) is 16.4. The smallest absolute Gasteiger partial charge is 0.394 e. The van der Waals surface area contributed by atoms with Gasteiger partial charge in [-0.05, 0) is 47.7 Å². The molecular formula is C31H24FN9O6. The fraction of sp³-hybridized carbons (Fsp3) is 0.161. The number of benzene rings is 2. The largest absolute Gasteiger partial charge is 0.439 e. The minimum atomic E-state index is -0.782. The van der Waals surface area contributed by atoms with Crippen LogP contribution in [0.15, 0.2) is 73.6 Å². The molecule has 0 spiro atoms. The van der Waals surface area contributed by atoms with Crippen LogP contribution in [0.1, 0.15) is 55.7 Å². The van der Waals surface area contributed by atoms with Gasteiger partial charge >= 0.3 is 5.76 Å². The van der Waals surface area contributed by atoms with Crippen molar-refractivity contribution in [2.75, 3.05) is 11.1 Å². The second-order valence-electron chi connectivity index (χ2n) is 11.0. The van der Waals surface area contributed by atoms with Crippen LogP contribution in [0.2, 0.25) is 0 Å². The number of hydrogen-bond acceptors (Lipinski definition) is 11. The first-order chi connectivity index (χ1) is 22.7. The fourth-order valence-electron chi connectivity index (χ4n) is 5.61. The van der Waals surface area contributed by atoms with Gasteiger partial charge in [-0.3, -0.25) is 28.7 Å². The van der Waals surface area contributed by atoms with E-state index in [1.54, 1.807) is 12.1 Å². The number of rotatable bonds is 9. The van der Waals surface area contributed by atoms with Crippen LogP contribution in [-0.2, 0) is 19.5 Å². The molecule has 0 fully saturated rings. The molecule has 2 amide bonds. The van der Waals surface area contributed by atoms with Crippen molar-refractivity contribution in [3.63, 3.8) is 0 Å². The molecule has 1 atom stereocenters. The summed E-state index contributed by atoms with van der Waals surface area (Å²) in [6, 6.07) is 12.4. The summed E-state index contributed by atoms with van der Waals surface area (Å²) in [7, 11) is 0. The highest BCUT2D eigenvalue weighted by molar-refractivity contribution is 5.98. The van der Waals surface area contributed by atoms with E-state index in [-0.39, 0.29) is 53.1 Å². The number of aromatic nitrogens is 5. The quantitative estimate of drug-likeness (QED) is 0.142. The van der Waals surface area contributed by atoms with Gasteiger partial charge in [-0.1, -0.05) is 23.4 Å². The van der Waals surface area contributed by atoms with Crippen LogP contribution >= 0.6 is 0 Å². The first kappa shape index (κ1) is 29.3. The lowest BCUT2D eigenvalue weighted by atomic mass is 10.0. The Morgan fingerprint density at radius 2 is 1.89 bits per heavy atom. The van der Waals surface area contributed by atoms with Crippen molar-refractivity contribution in [1.82, 2.24) is 35.4 Å². The molecule has 0 saturated heterocycles. The number of halogens is 1. The second-order valence-corrected chi connectivity index (χ2v) is 11.0. The summed E-state index contributed by atoms with van der Waals surface area (Å²) in [5.41, 5.74) is 7.43. The van der Waals surface area contributed by atoms with Crippen LogP contribution in [0.3, 0.4) is 0 Å². The number of carbonyl (C=O) groups is 2. The lowest BCUT2D eigenvalue weighted by Gasteiger charge is -2.15.